The number of nitriles is 1. The van der Waals surface area contributed by atoms with Gasteiger partial charge in [-0.25, -0.2) is 0 Å². The molecule has 1 saturated carbocycles. The number of aliphatic carboxylic acids is 1. The van der Waals surface area contributed by atoms with Crippen LogP contribution in [-0.2, 0) is 9.59 Å². The van der Waals surface area contributed by atoms with Gasteiger partial charge >= 0.3 is 0 Å². The number of carboxylic acid groups (broad SMARTS) is 1. The van der Waals surface area contributed by atoms with Crippen molar-refractivity contribution in [3.63, 3.8) is 0 Å². The molecule has 1 aromatic heterocycles. The lowest BCUT2D eigenvalue weighted by Crippen LogP contribution is -2.42. The van der Waals surface area contributed by atoms with E-state index in [-0.39, 0.29) is 17.7 Å². The van der Waals surface area contributed by atoms with Gasteiger partial charge in [-0.1, -0.05) is 12.2 Å². The quantitative estimate of drug-likeness (QED) is 0.830. The molecule has 1 fully saturated rings. The third-order valence-electron chi connectivity index (χ3n) is 4.06. The number of fused-ring (bicyclic) bond motifs is 2. The Morgan fingerprint density at radius 3 is 2.70 bits per heavy atom. The lowest BCUT2D eigenvalue weighted by atomic mass is 9.82. The number of rotatable bonds is 3. The average Bonchev–Trinajstić information content (AvgIpc) is 3.12. The predicted octanol–water partition coefficient (Wildman–Crippen LogP) is 0.746. The third-order valence-corrected chi connectivity index (χ3v) is 4.89. The molecule has 1 N–H and O–H groups in total. The number of anilines is 1. The number of hydrogen-bond donors (Lipinski definition) is 1. The molecule has 3 rings (SSSR count). The molecule has 2 aliphatic carbocycles. The Kier molecular flexibility index (Phi) is 3.07. The Labute approximate surface area is 119 Å². The molecule has 1 amide bonds. The minimum Gasteiger partial charge on any atom is -0.550 e. The minimum absolute atomic E-state index is 0.0478. The lowest BCUT2D eigenvalue weighted by Gasteiger charge is -2.27. The molecule has 0 aliphatic heterocycles. The second kappa shape index (κ2) is 4.76. The van der Waals surface area contributed by atoms with Crippen molar-refractivity contribution in [2.45, 2.75) is 6.42 Å². The Balaban J connectivity index is 1.82. The molecular formula is C14H11N2O3S-. The molecule has 102 valence electrons. The van der Waals surface area contributed by atoms with Gasteiger partial charge in [0.25, 0.3) is 0 Å². The van der Waals surface area contributed by atoms with Crippen LogP contribution in [0.1, 0.15) is 12.0 Å². The number of allylic oxidation sites excluding steroid dienone is 2. The summed E-state index contributed by atoms with van der Waals surface area (Å²) in [6.07, 6.45) is 4.46. The number of thiophene rings is 1. The van der Waals surface area contributed by atoms with Gasteiger partial charge < -0.3 is 15.2 Å². The molecule has 0 saturated heterocycles. The largest absolute Gasteiger partial charge is 0.550 e. The van der Waals surface area contributed by atoms with Crippen molar-refractivity contribution in [3.8, 4) is 6.07 Å². The van der Waals surface area contributed by atoms with E-state index in [2.05, 4.69) is 5.32 Å². The Morgan fingerprint density at radius 2 is 2.05 bits per heavy atom. The summed E-state index contributed by atoms with van der Waals surface area (Å²) in [7, 11) is 0. The number of carboxylic acids is 1. The van der Waals surface area contributed by atoms with E-state index in [9.17, 15) is 14.7 Å². The maximum atomic E-state index is 12.3. The molecule has 5 nitrogen and oxygen atoms in total. The highest BCUT2D eigenvalue weighted by molar-refractivity contribution is 7.14. The van der Waals surface area contributed by atoms with E-state index in [0.29, 0.717) is 17.0 Å². The van der Waals surface area contributed by atoms with Gasteiger partial charge in [0.15, 0.2) is 0 Å². The van der Waals surface area contributed by atoms with Crippen molar-refractivity contribution in [1.82, 2.24) is 0 Å². The fourth-order valence-electron chi connectivity index (χ4n) is 3.19. The van der Waals surface area contributed by atoms with Gasteiger partial charge in [0.05, 0.1) is 11.5 Å². The predicted molar refractivity (Wildman–Crippen MR) is 70.4 cm³/mol. The van der Waals surface area contributed by atoms with Crippen LogP contribution in [0.25, 0.3) is 0 Å². The maximum Gasteiger partial charge on any atom is 0.229 e. The highest BCUT2D eigenvalue weighted by atomic mass is 32.1. The summed E-state index contributed by atoms with van der Waals surface area (Å²) < 4.78 is 0. The van der Waals surface area contributed by atoms with Gasteiger partial charge in [0.1, 0.15) is 11.1 Å². The second-order valence-corrected chi connectivity index (χ2v) is 6.00. The number of carbonyl (C=O) groups excluding carboxylic acids is 2. The van der Waals surface area contributed by atoms with Crippen LogP contribution < -0.4 is 10.4 Å². The summed E-state index contributed by atoms with van der Waals surface area (Å²) in [5.41, 5.74) is 0.395. The van der Waals surface area contributed by atoms with E-state index < -0.39 is 17.8 Å². The van der Waals surface area contributed by atoms with Gasteiger partial charge in [0.2, 0.25) is 5.91 Å². The first-order valence-corrected chi connectivity index (χ1v) is 7.17. The van der Waals surface area contributed by atoms with E-state index in [1.54, 1.807) is 11.4 Å². The Morgan fingerprint density at radius 1 is 1.35 bits per heavy atom. The molecule has 1 heterocycles. The SMILES string of the molecule is N#Cc1ccsc1NC(=O)[C@@H]1[C@@H](C(=O)[O-])[C@H]2C=C[C@H]1C2. The van der Waals surface area contributed by atoms with E-state index in [1.165, 1.54) is 11.3 Å². The highest BCUT2D eigenvalue weighted by Crippen LogP contribution is 2.48. The van der Waals surface area contributed by atoms with Gasteiger partial charge in [-0.2, -0.15) is 5.26 Å². The smallest absolute Gasteiger partial charge is 0.229 e. The number of nitrogens with zero attached hydrogens (tertiary/aromatic N) is 1. The highest BCUT2D eigenvalue weighted by Gasteiger charge is 2.48. The second-order valence-electron chi connectivity index (χ2n) is 5.08. The molecule has 2 aliphatic rings. The summed E-state index contributed by atoms with van der Waals surface area (Å²) >= 11 is 1.26. The van der Waals surface area contributed by atoms with Crippen molar-refractivity contribution in [2.75, 3.05) is 5.32 Å². The zero-order valence-electron chi connectivity index (χ0n) is 10.4. The molecule has 20 heavy (non-hydrogen) atoms. The van der Waals surface area contributed by atoms with Crippen molar-refractivity contribution in [3.05, 3.63) is 29.2 Å². The molecule has 0 aromatic carbocycles. The van der Waals surface area contributed by atoms with Gasteiger partial charge in [-0.3, -0.25) is 4.79 Å². The van der Waals surface area contributed by atoms with Gasteiger partial charge in [0, 0.05) is 11.9 Å². The summed E-state index contributed by atoms with van der Waals surface area (Å²) in [5.74, 6) is -3.05. The molecule has 0 radical (unpaired) electrons. The molecule has 0 unspecified atom stereocenters. The first-order chi connectivity index (χ1) is 9.61. The zero-order valence-corrected chi connectivity index (χ0v) is 11.2. The maximum absolute atomic E-state index is 12.3. The van der Waals surface area contributed by atoms with Crippen molar-refractivity contribution < 1.29 is 14.7 Å². The number of carbonyl (C=O) groups is 2. The van der Waals surface area contributed by atoms with Crippen LogP contribution >= 0.6 is 11.3 Å². The van der Waals surface area contributed by atoms with E-state index in [4.69, 9.17) is 5.26 Å². The van der Waals surface area contributed by atoms with Crippen molar-refractivity contribution >= 4 is 28.2 Å². The van der Waals surface area contributed by atoms with Crippen LogP contribution in [0.2, 0.25) is 0 Å². The third kappa shape index (κ3) is 1.91. The molecule has 1 aromatic rings. The van der Waals surface area contributed by atoms with Crippen LogP contribution in [-0.4, -0.2) is 11.9 Å². The van der Waals surface area contributed by atoms with Crippen LogP contribution in [0.5, 0.6) is 0 Å². The van der Waals surface area contributed by atoms with Crippen LogP contribution in [0, 0.1) is 35.0 Å². The Bertz CT molecular complexity index is 643. The van der Waals surface area contributed by atoms with Crippen molar-refractivity contribution in [2.24, 2.45) is 23.7 Å². The molecule has 0 spiro atoms. The van der Waals surface area contributed by atoms with E-state index in [1.807, 2.05) is 18.2 Å². The molecular weight excluding hydrogens is 276 g/mol. The fourth-order valence-corrected chi connectivity index (χ4v) is 3.93. The summed E-state index contributed by atoms with van der Waals surface area (Å²) in [6, 6.07) is 3.61. The van der Waals surface area contributed by atoms with Gasteiger partial charge in [-0.15, -0.1) is 11.3 Å². The minimum atomic E-state index is -1.17. The Hall–Kier alpha value is -2.13. The first-order valence-electron chi connectivity index (χ1n) is 6.29. The normalized spacial score (nSPS) is 30.1. The van der Waals surface area contributed by atoms with E-state index >= 15 is 0 Å². The average molecular weight is 287 g/mol. The van der Waals surface area contributed by atoms with Gasteiger partial charge in [-0.05, 0) is 29.7 Å². The zero-order chi connectivity index (χ0) is 14.3. The molecule has 4 atom stereocenters. The monoisotopic (exact) mass is 287 g/mol. The number of hydrogen-bond acceptors (Lipinski definition) is 5. The lowest BCUT2D eigenvalue weighted by molar-refractivity contribution is -0.313. The molecule has 2 bridgehead atoms. The number of nitrogens with one attached hydrogen (secondary N) is 1. The van der Waals surface area contributed by atoms with Crippen LogP contribution in [0.4, 0.5) is 5.00 Å². The summed E-state index contributed by atoms with van der Waals surface area (Å²) in [4.78, 5) is 23.6. The van der Waals surface area contributed by atoms with E-state index in [0.717, 1.165) is 0 Å². The topological polar surface area (TPSA) is 93.0 Å². The van der Waals surface area contributed by atoms with Crippen LogP contribution in [0.3, 0.4) is 0 Å². The van der Waals surface area contributed by atoms with Crippen LogP contribution in [0.15, 0.2) is 23.6 Å². The number of amides is 1. The summed E-state index contributed by atoms with van der Waals surface area (Å²) in [5, 5.41) is 25.1. The van der Waals surface area contributed by atoms with Crippen molar-refractivity contribution in [1.29, 1.82) is 5.26 Å². The standard InChI is InChI=1S/C14H12N2O3S/c15-6-9-3-4-20-13(9)16-12(17)10-7-1-2-8(5-7)11(10)14(18)19/h1-4,7-8,10-11H,5H2,(H,16,17)(H,18,19)/p-1/t7-,8-,10-,11-/m0/s1. The first kappa shape index (κ1) is 12.9. The molecule has 6 heteroatoms. The summed E-state index contributed by atoms with van der Waals surface area (Å²) in [6.45, 7) is 0. The fraction of sp³-hybridized carbons (Fsp3) is 0.357.